The first-order chi connectivity index (χ1) is 6.74. The van der Waals surface area contributed by atoms with Crippen molar-refractivity contribution in [1.29, 1.82) is 0 Å². The normalized spacial score (nSPS) is 10.9. The van der Waals surface area contributed by atoms with Crippen LogP contribution in [0.25, 0.3) is 0 Å². The number of hydrazone groups is 1. The highest BCUT2D eigenvalue weighted by molar-refractivity contribution is 6.39. The van der Waals surface area contributed by atoms with Gasteiger partial charge in [-0.15, -0.1) is 0 Å². The predicted molar refractivity (Wildman–Crippen MR) is 55.1 cm³/mol. The van der Waals surface area contributed by atoms with Crippen LogP contribution in [0.5, 0.6) is 0 Å². The summed E-state index contributed by atoms with van der Waals surface area (Å²) in [5.74, 6) is -0.671. The minimum Gasteiger partial charge on any atom is -0.342 e. The number of halogens is 1. The van der Waals surface area contributed by atoms with E-state index in [2.05, 4.69) is 14.8 Å². The van der Waals surface area contributed by atoms with E-state index in [0.717, 1.165) is 5.69 Å². The van der Waals surface area contributed by atoms with Crippen molar-refractivity contribution in [2.75, 3.05) is 5.43 Å². The molecule has 0 spiro atoms. The quantitative estimate of drug-likeness (QED) is 0.617. The first-order valence-corrected chi connectivity index (χ1v) is 4.23. The summed E-state index contributed by atoms with van der Waals surface area (Å²) in [6.45, 7) is 1.50. The van der Waals surface area contributed by atoms with Crippen LogP contribution in [0.2, 0.25) is 0 Å². The second-order valence-electron chi connectivity index (χ2n) is 2.54. The molecule has 0 radical (unpaired) electrons. The van der Waals surface area contributed by atoms with Crippen molar-refractivity contribution in [1.82, 2.24) is 0 Å². The topological polar surface area (TPSA) is 50.7 Å². The van der Waals surface area contributed by atoms with Gasteiger partial charge < -0.3 is 4.29 Å². The first kappa shape index (κ1) is 10.5. The molecule has 0 saturated heterocycles. The maximum atomic E-state index is 10.8. The van der Waals surface area contributed by atoms with E-state index in [4.69, 9.17) is 11.9 Å². The van der Waals surface area contributed by atoms with Crippen molar-refractivity contribution in [2.24, 2.45) is 5.10 Å². The number of nitrogens with zero attached hydrogens (tertiary/aromatic N) is 1. The number of para-hydroxylation sites is 1. The van der Waals surface area contributed by atoms with Gasteiger partial charge in [-0.2, -0.15) is 5.10 Å². The minimum atomic E-state index is -0.671. The predicted octanol–water partition coefficient (Wildman–Crippen LogP) is 2.17. The number of nitrogens with one attached hydrogen (secondary N) is 1. The molecule has 0 bridgehead atoms. The van der Waals surface area contributed by atoms with Gasteiger partial charge in [0.2, 0.25) is 0 Å². The third-order valence-corrected chi connectivity index (χ3v) is 1.63. The van der Waals surface area contributed by atoms with Crippen molar-refractivity contribution in [2.45, 2.75) is 6.92 Å². The van der Waals surface area contributed by atoms with Gasteiger partial charge in [-0.3, -0.25) is 5.43 Å². The average molecular weight is 213 g/mol. The Morgan fingerprint density at radius 3 is 2.64 bits per heavy atom. The summed E-state index contributed by atoms with van der Waals surface area (Å²) in [6.07, 6.45) is 0. The van der Waals surface area contributed by atoms with Gasteiger partial charge in [-0.05, 0) is 19.1 Å². The molecule has 0 saturated carbocycles. The van der Waals surface area contributed by atoms with Crippen LogP contribution in [0.1, 0.15) is 6.92 Å². The Hall–Kier alpha value is -1.55. The molecule has 5 heteroatoms. The second-order valence-corrected chi connectivity index (χ2v) is 2.69. The van der Waals surface area contributed by atoms with Crippen molar-refractivity contribution < 1.29 is 9.08 Å². The molecule has 0 amide bonds. The van der Waals surface area contributed by atoms with Gasteiger partial charge in [0.1, 0.15) is 17.6 Å². The van der Waals surface area contributed by atoms with E-state index in [-0.39, 0.29) is 5.71 Å². The molecule has 1 rings (SSSR count). The van der Waals surface area contributed by atoms with Crippen LogP contribution in [0, 0.1) is 0 Å². The monoisotopic (exact) mass is 212 g/mol. The van der Waals surface area contributed by atoms with E-state index in [1.54, 1.807) is 0 Å². The fraction of sp³-hybridized carbons (Fsp3) is 0.111. The average Bonchev–Trinajstić information content (AvgIpc) is 2.26. The molecule has 0 atom stereocenters. The summed E-state index contributed by atoms with van der Waals surface area (Å²) in [6, 6.07) is 9.24. The molecule has 0 fully saturated rings. The summed E-state index contributed by atoms with van der Waals surface area (Å²) in [5.41, 5.74) is 3.63. The summed E-state index contributed by atoms with van der Waals surface area (Å²) < 4.78 is 3.96. The molecular weight excluding hydrogens is 204 g/mol. The lowest BCUT2D eigenvalue weighted by molar-refractivity contribution is -0.126. The van der Waals surface area contributed by atoms with E-state index in [1.807, 2.05) is 30.3 Å². The maximum absolute atomic E-state index is 10.8. The Labute approximate surface area is 86.7 Å². The second kappa shape index (κ2) is 5.24. The van der Waals surface area contributed by atoms with Crippen LogP contribution in [0.3, 0.4) is 0 Å². The lowest BCUT2D eigenvalue weighted by Gasteiger charge is -1.99. The Kier molecular flexibility index (Phi) is 3.94. The Morgan fingerprint density at radius 2 is 2.07 bits per heavy atom. The van der Waals surface area contributed by atoms with Crippen LogP contribution >= 0.6 is 11.9 Å². The molecule has 74 valence electrons. The smallest absolute Gasteiger partial charge is 0.342 e. The molecule has 1 aromatic rings. The van der Waals surface area contributed by atoms with E-state index >= 15 is 0 Å². The lowest BCUT2D eigenvalue weighted by atomic mass is 10.3. The number of hydrogen-bond acceptors (Lipinski definition) is 4. The Balaban J connectivity index is 2.59. The largest absolute Gasteiger partial charge is 0.372 e. The van der Waals surface area contributed by atoms with Crippen molar-refractivity contribution >= 4 is 29.2 Å². The van der Waals surface area contributed by atoms with E-state index < -0.39 is 5.97 Å². The third kappa shape index (κ3) is 3.06. The molecule has 0 aliphatic carbocycles. The van der Waals surface area contributed by atoms with Gasteiger partial charge in [0.25, 0.3) is 0 Å². The molecule has 14 heavy (non-hydrogen) atoms. The number of carbonyl (C=O) groups excluding carboxylic acids is 1. The Bertz CT molecular complexity index is 338. The van der Waals surface area contributed by atoms with Gasteiger partial charge in [0.15, 0.2) is 0 Å². The number of benzene rings is 1. The molecule has 1 N–H and O–H groups in total. The lowest BCUT2D eigenvalue weighted by Crippen LogP contribution is -2.11. The van der Waals surface area contributed by atoms with Crippen LogP contribution in [0.4, 0.5) is 5.69 Å². The van der Waals surface area contributed by atoms with E-state index in [9.17, 15) is 4.79 Å². The molecule has 1 aromatic carbocycles. The maximum Gasteiger partial charge on any atom is 0.372 e. The van der Waals surface area contributed by atoms with Crippen molar-refractivity contribution in [3.8, 4) is 0 Å². The summed E-state index contributed by atoms with van der Waals surface area (Å²) >= 11 is 4.87. The van der Waals surface area contributed by atoms with Gasteiger partial charge in [0.05, 0.1) is 5.69 Å². The molecule has 0 heterocycles. The highest BCUT2D eigenvalue weighted by atomic mass is 35.5. The number of anilines is 1. The van der Waals surface area contributed by atoms with E-state index in [1.165, 1.54) is 6.92 Å². The standard InChI is InChI=1S/C9H9ClN2O2/c1-7(9(13)14-10)11-12-8-5-3-2-4-6-8/h2-6,12H,1H3/b11-7+. The molecule has 0 aliphatic heterocycles. The molecular formula is C9H9ClN2O2. The zero-order valence-electron chi connectivity index (χ0n) is 7.53. The summed E-state index contributed by atoms with van der Waals surface area (Å²) in [4.78, 5) is 10.8. The highest BCUT2D eigenvalue weighted by Crippen LogP contribution is 2.04. The molecule has 0 unspecified atom stereocenters. The SMILES string of the molecule is C/C(=N\Nc1ccccc1)C(=O)OCl. The molecule has 4 nitrogen and oxygen atoms in total. The number of carbonyl (C=O) groups is 1. The first-order valence-electron chi connectivity index (χ1n) is 3.92. The van der Waals surface area contributed by atoms with Crippen LogP contribution in [0.15, 0.2) is 35.4 Å². The van der Waals surface area contributed by atoms with Gasteiger partial charge in [0, 0.05) is 0 Å². The van der Waals surface area contributed by atoms with E-state index in [0.29, 0.717) is 0 Å². The molecule has 0 aliphatic rings. The Morgan fingerprint density at radius 1 is 1.43 bits per heavy atom. The summed E-state index contributed by atoms with van der Waals surface area (Å²) in [7, 11) is 0. The third-order valence-electron chi connectivity index (χ3n) is 1.49. The van der Waals surface area contributed by atoms with Crippen molar-refractivity contribution in [3.05, 3.63) is 30.3 Å². The number of rotatable bonds is 3. The fourth-order valence-corrected chi connectivity index (χ4v) is 0.874. The molecule has 0 aromatic heterocycles. The van der Waals surface area contributed by atoms with Crippen molar-refractivity contribution in [3.63, 3.8) is 0 Å². The fourth-order valence-electron chi connectivity index (χ4n) is 0.763. The summed E-state index contributed by atoms with van der Waals surface area (Å²) in [5, 5.41) is 3.77. The number of hydrogen-bond donors (Lipinski definition) is 1. The van der Waals surface area contributed by atoms with Crippen LogP contribution in [-0.4, -0.2) is 11.7 Å². The van der Waals surface area contributed by atoms with Gasteiger partial charge in [-0.1, -0.05) is 18.2 Å². The van der Waals surface area contributed by atoms with Gasteiger partial charge in [-0.25, -0.2) is 4.79 Å². The van der Waals surface area contributed by atoms with Crippen LogP contribution in [-0.2, 0) is 9.08 Å². The highest BCUT2D eigenvalue weighted by Gasteiger charge is 2.05. The minimum absolute atomic E-state index is 0.156. The zero-order chi connectivity index (χ0) is 10.4. The van der Waals surface area contributed by atoms with Gasteiger partial charge >= 0.3 is 5.97 Å². The zero-order valence-corrected chi connectivity index (χ0v) is 8.28. The van der Waals surface area contributed by atoms with Crippen LogP contribution < -0.4 is 5.43 Å².